The molecule has 1 fully saturated rings. The first-order valence-electron chi connectivity index (χ1n) is 6.56. The number of anilines is 1. The second kappa shape index (κ2) is 6.11. The summed E-state index contributed by atoms with van der Waals surface area (Å²) in [5, 5.41) is 18.5. The maximum absolute atomic E-state index is 9.27. The molecule has 5 nitrogen and oxygen atoms in total. The Morgan fingerprint density at radius 3 is 2.17 bits per heavy atom. The lowest BCUT2D eigenvalue weighted by Gasteiger charge is -2.15. The van der Waals surface area contributed by atoms with Crippen molar-refractivity contribution in [2.45, 2.75) is 19.8 Å². The summed E-state index contributed by atoms with van der Waals surface area (Å²) in [5.74, 6) is 0.937. The number of hydrogen-bond acceptors (Lipinski definition) is 5. The summed E-state index contributed by atoms with van der Waals surface area (Å²) in [7, 11) is 0. The van der Waals surface area contributed by atoms with Crippen LogP contribution in [-0.2, 0) is 6.42 Å². The van der Waals surface area contributed by atoms with Gasteiger partial charge in [0.15, 0.2) is 0 Å². The van der Waals surface area contributed by atoms with Crippen LogP contribution in [0, 0.1) is 11.8 Å². The highest BCUT2D eigenvalue weighted by atomic mass is 16.3. The number of aryl methyl sites for hydroxylation is 1. The van der Waals surface area contributed by atoms with Crippen LogP contribution in [0.5, 0.6) is 0 Å². The van der Waals surface area contributed by atoms with E-state index < -0.39 is 0 Å². The van der Waals surface area contributed by atoms with E-state index in [0.29, 0.717) is 5.95 Å². The van der Waals surface area contributed by atoms with Gasteiger partial charge in [0.2, 0.25) is 5.95 Å². The first-order valence-corrected chi connectivity index (χ1v) is 6.56. The molecule has 1 aromatic heterocycles. The van der Waals surface area contributed by atoms with Crippen molar-refractivity contribution in [3.63, 3.8) is 0 Å². The Kier molecular flexibility index (Phi) is 4.49. The molecule has 2 atom stereocenters. The van der Waals surface area contributed by atoms with Crippen molar-refractivity contribution in [2.24, 2.45) is 11.8 Å². The van der Waals surface area contributed by atoms with E-state index in [1.807, 2.05) is 17.3 Å². The maximum atomic E-state index is 9.27. The van der Waals surface area contributed by atoms with Crippen LogP contribution in [0.1, 0.15) is 18.9 Å². The molecular weight excluding hydrogens is 230 g/mol. The van der Waals surface area contributed by atoms with Crippen molar-refractivity contribution in [3.8, 4) is 0 Å². The van der Waals surface area contributed by atoms with Crippen LogP contribution in [0.15, 0.2) is 12.4 Å². The van der Waals surface area contributed by atoms with Crippen LogP contribution in [0.2, 0.25) is 0 Å². The van der Waals surface area contributed by atoms with Crippen LogP contribution >= 0.6 is 0 Å². The predicted molar refractivity (Wildman–Crippen MR) is 69.4 cm³/mol. The van der Waals surface area contributed by atoms with Crippen molar-refractivity contribution in [1.29, 1.82) is 0 Å². The van der Waals surface area contributed by atoms with Crippen LogP contribution < -0.4 is 4.90 Å². The summed E-state index contributed by atoms with van der Waals surface area (Å²) in [6.07, 6.45) is 5.82. The quantitative estimate of drug-likeness (QED) is 0.796. The molecular formula is C13H21N3O2. The molecule has 0 amide bonds. The van der Waals surface area contributed by atoms with Gasteiger partial charge in [-0.05, 0) is 12.0 Å². The van der Waals surface area contributed by atoms with Gasteiger partial charge in [-0.3, -0.25) is 0 Å². The Morgan fingerprint density at radius 2 is 1.72 bits per heavy atom. The van der Waals surface area contributed by atoms with E-state index in [9.17, 15) is 10.2 Å². The fourth-order valence-electron chi connectivity index (χ4n) is 2.44. The number of rotatable bonds is 5. The number of aromatic nitrogens is 2. The Hall–Kier alpha value is -1.20. The minimum absolute atomic E-state index is 0.107. The van der Waals surface area contributed by atoms with Gasteiger partial charge in [-0.1, -0.05) is 13.3 Å². The normalized spacial score (nSPS) is 23.6. The molecule has 0 radical (unpaired) electrons. The van der Waals surface area contributed by atoms with E-state index in [0.717, 1.165) is 31.5 Å². The third-order valence-corrected chi connectivity index (χ3v) is 3.56. The molecule has 2 N–H and O–H groups in total. The molecule has 0 aromatic carbocycles. The Labute approximate surface area is 107 Å². The van der Waals surface area contributed by atoms with Crippen molar-refractivity contribution in [2.75, 3.05) is 31.2 Å². The molecule has 1 aliphatic heterocycles. The third kappa shape index (κ3) is 2.79. The standard InChI is InChI=1S/C13H21N3O2/c1-2-3-10-4-14-13(15-5-10)16-6-11(8-17)12(7-16)9-18/h4-5,11-12,17-18H,2-3,6-9H2,1H3/t11-,12-/m0/s1. The molecule has 0 unspecified atom stereocenters. The molecule has 1 saturated heterocycles. The second-order valence-electron chi connectivity index (χ2n) is 4.93. The molecule has 5 heteroatoms. The van der Waals surface area contributed by atoms with Gasteiger partial charge in [0.25, 0.3) is 0 Å². The monoisotopic (exact) mass is 251 g/mol. The highest BCUT2D eigenvalue weighted by Crippen LogP contribution is 2.25. The minimum atomic E-state index is 0.107. The zero-order valence-corrected chi connectivity index (χ0v) is 10.8. The second-order valence-corrected chi connectivity index (χ2v) is 4.93. The highest BCUT2D eigenvalue weighted by molar-refractivity contribution is 5.32. The van der Waals surface area contributed by atoms with Crippen molar-refractivity contribution in [3.05, 3.63) is 18.0 Å². The van der Waals surface area contributed by atoms with Gasteiger partial charge in [0, 0.05) is 50.5 Å². The number of hydrogen-bond donors (Lipinski definition) is 2. The smallest absolute Gasteiger partial charge is 0.225 e. The molecule has 1 aromatic rings. The maximum Gasteiger partial charge on any atom is 0.225 e. The van der Waals surface area contributed by atoms with E-state index in [-0.39, 0.29) is 25.0 Å². The van der Waals surface area contributed by atoms with Gasteiger partial charge in [0.05, 0.1) is 0 Å². The lowest BCUT2D eigenvalue weighted by molar-refractivity contribution is 0.152. The fourth-order valence-corrected chi connectivity index (χ4v) is 2.44. The van der Waals surface area contributed by atoms with Gasteiger partial charge in [0.1, 0.15) is 0 Å². The van der Waals surface area contributed by atoms with E-state index in [1.165, 1.54) is 0 Å². The van der Waals surface area contributed by atoms with Crippen LogP contribution in [-0.4, -0.2) is 46.5 Å². The van der Waals surface area contributed by atoms with Crippen LogP contribution in [0.25, 0.3) is 0 Å². The lowest BCUT2D eigenvalue weighted by atomic mass is 9.98. The fraction of sp³-hybridized carbons (Fsp3) is 0.692. The van der Waals surface area contributed by atoms with Crippen LogP contribution in [0.3, 0.4) is 0 Å². The van der Waals surface area contributed by atoms with Gasteiger partial charge in [-0.15, -0.1) is 0 Å². The predicted octanol–water partition coefficient (Wildman–Crippen LogP) is 0.466. The topological polar surface area (TPSA) is 69.5 Å². The molecule has 2 heterocycles. The van der Waals surface area contributed by atoms with Gasteiger partial charge >= 0.3 is 0 Å². The molecule has 18 heavy (non-hydrogen) atoms. The zero-order valence-electron chi connectivity index (χ0n) is 10.8. The molecule has 0 bridgehead atoms. The molecule has 0 spiro atoms. The number of aliphatic hydroxyl groups is 2. The first kappa shape index (κ1) is 13.2. The van der Waals surface area contributed by atoms with E-state index in [4.69, 9.17) is 0 Å². The molecule has 100 valence electrons. The lowest BCUT2D eigenvalue weighted by Crippen LogP contribution is -2.23. The van der Waals surface area contributed by atoms with Crippen molar-refractivity contribution >= 4 is 5.95 Å². The molecule has 1 aliphatic rings. The van der Waals surface area contributed by atoms with Gasteiger partial charge in [-0.25, -0.2) is 9.97 Å². The Bertz CT molecular complexity index is 357. The van der Waals surface area contributed by atoms with Crippen molar-refractivity contribution in [1.82, 2.24) is 9.97 Å². The van der Waals surface area contributed by atoms with E-state index >= 15 is 0 Å². The van der Waals surface area contributed by atoms with Crippen LogP contribution in [0.4, 0.5) is 5.95 Å². The summed E-state index contributed by atoms with van der Waals surface area (Å²) in [5.41, 5.74) is 1.15. The third-order valence-electron chi connectivity index (χ3n) is 3.56. The van der Waals surface area contributed by atoms with Gasteiger partial charge in [-0.2, -0.15) is 0 Å². The highest BCUT2D eigenvalue weighted by Gasteiger charge is 2.32. The molecule has 2 rings (SSSR count). The average molecular weight is 251 g/mol. The Balaban J connectivity index is 2.04. The average Bonchev–Trinajstić information content (AvgIpc) is 2.83. The molecule has 0 saturated carbocycles. The van der Waals surface area contributed by atoms with E-state index in [2.05, 4.69) is 16.9 Å². The minimum Gasteiger partial charge on any atom is -0.396 e. The summed E-state index contributed by atoms with van der Waals surface area (Å²) in [6, 6.07) is 0. The summed E-state index contributed by atoms with van der Waals surface area (Å²) in [6.45, 7) is 3.78. The van der Waals surface area contributed by atoms with Crippen molar-refractivity contribution < 1.29 is 10.2 Å². The largest absolute Gasteiger partial charge is 0.396 e. The SMILES string of the molecule is CCCc1cnc(N2C[C@@H](CO)[C@H](CO)C2)nc1. The molecule has 0 aliphatic carbocycles. The first-order chi connectivity index (χ1) is 8.78. The van der Waals surface area contributed by atoms with E-state index in [1.54, 1.807) is 0 Å². The summed E-state index contributed by atoms with van der Waals surface area (Å²) in [4.78, 5) is 10.8. The Morgan fingerprint density at radius 1 is 1.17 bits per heavy atom. The summed E-state index contributed by atoms with van der Waals surface area (Å²) >= 11 is 0. The number of aliphatic hydroxyl groups excluding tert-OH is 2. The summed E-state index contributed by atoms with van der Waals surface area (Å²) < 4.78 is 0. The number of nitrogens with zero attached hydrogens (tertiary/aromatic N) is 3. The van der Waals surface area contributed by atoms with Gasteiger partial charge < -0.3 is 15.1 Å². The zero-order chi connectivity index (χ0) is 13.0.